The van der Waals surface area contributed by atoms with E-state index >= 15 is 0 Å². The zero-order valence-electron chi connectivity index (χ0n) is 15.4. The molecule has 7 heteroatoms. The Balaban J connectivity index is 2.26. The van der Waals surface area contributed by atoms with Crippen molar-refractivity contribution in [2.45, 2.75) is 45.4 Å². The van der Waals surface area contributed by atoms with Crippen molar-refractivity contribution >= 4 is 22.4 Å². The van der Waals surface area contributed by atoms with Crippen LogP contribution in [-0.2, 0) is 5.41 Å². The lowest BCUT2D eigenvalue weighted by atomic mass is 9.84. The molecule has 0 radical (unpaired) electrons. The fourth-order valence-corrected chi connectivity index (χ4v) is 3.72. The van der Waals surface area contributed by atoms with Crippen LogP contribution in [-0.4, -0.2) is 30.3 Å². The van der Waals surface area contributed by atoms with Gasteiger partial charge in [-0.05, 0) is 25.0 Å². The molecule has 1 amide bonds. The van der Waals surface area contributed by atoms with E-state index in [-0.39, 0.29) is 11.3 Å². The van der Waals surface area contributed by atoms with Crippen LogP contribution >= 0.6 is 11.3 Å². The highest BCUT2D eigenvalue weighted by molar-refractivity contribution is 7.15. The minimum absolute atomic E-state index is 0.0163. The smallest absolute Gasteiger partial charge is 0.265 e. The molecule has 2 rings (SSSR count). The second-order valence-corrected chi connectivity index (χ2v) is 7.05. The third-order valence-electron chi connectivity index (χ3n) is 4.40. The number of hydrogen-bond acceptors (Lipinski definition) is 6. The number of carbonyl (C=O) groups is 1. The van der Waals surface area contributed by atoms with E-state index in [0.29, 0.717) is 22.2 Å². The number of aromatic nitrogens is 2. The van der Waals surface area contributed by atoms with E-state index in [4.69, 9.17) is 9.47 Å². The highest BCUT2D eigenvalue weighted by Crippen LogP contribution is 2.36. The number of ether oxygens (including phenoxy) is 2. The van der Waals surface area contributed by atoms with E-state index in [1.807, 2.05) is 0 Å². The van der Waals surface area contributed by atoms with Crippen LogP contribution in [0.15, 0.2) is 18.2 Å². The number of nitrogens with one attached hydrogen (secondary N) is 1. The van der Waals surface area contributed by atoms with Crippen LogP contribution in [0, 0.1) is 0 Å². The van der Waals surface area contributed by atoms with Crippen LogP contribution in [0.1, 0.15) is 55.4 Å². The Hall–Kier alpha value is -2.15. The third kappa shape index (κ3) is 4.10. The number of benzene rings is 1. The van der Waals surface area contributed by atoms with E-state index in [0.717, 1.165) is 24.3 Å². The Morgan fingerprint density at radius 2 is 1.84 bits per heavy atom. The molecule has 0 saturated carbocycles. The van der Waals surface area contributed by atoms with Gasteiger partial charge in [0.1, 0.15) is 22.1 Å². The summed E-state index contributed by atoms with van der Waals surface area (Å²) >= 11 is 1.42. The van der Waals surface area contributed by atoms with Gasteiger partial charge in [-0.15, -0.1) is 10.2 Å². The van der Waals surface area contributed by atoms with Gasteiger partial charge in [-0.25, -0.2) is 0 Å². The Kier molecular flexibility index (Phi) is 6.36. The lowest BCUT2D eigenvalue weighted by molar-refractivity contribution is 0.102. The molecule has 0 aliphatic carbocycles. The zero-order chi connectivity index (χ0) is 18.4. The van der Waals surface area contributed by atoms with Crippen molar-refractivity contribution in [1.82, 2.24) is 10.2 Å². The molecular weight excluding hydrogens is 338 g/mol. The quantitative estimate of drug-likeness (QED) is 0.758. The standard InChI is InChI=1S/C18H25N3O3S/c1-6-11-18(3,7-2)16-20-21-17(25-16)19-15(22)14-12(23-4)9-8-10-13(14)24-5/h8-10H,6-7,11H2,1-5H3,(H,19,21,22). The Morgan fingerprint density at radius 1 is 1.20 bits per heavy atom. The van der Waals surface area contributed by atoms with Gasteiger partial charge in [0.05, 0.1) is 14.2 Å². The van der Waals surface area contributed by atoms with Crippen molar-refractivity contribution in [2.24, 2.45) is 0 Å². The fraction of sp³-hybridized carbons (Fsp3) is 0.500. The Bertz CT molecular complexity index is 710. The molecule has 0 aliphatic rings. The normalized spacial score (nSPS) is 13.2. The van der Waals surface area contributed by atoms with Gasteiger partial charge in [-0.1, -0.05) is 44.6 Å². The van der Waals surface area contributed by atoms with Gasteiger partial charge >= 0.3 is 0 Å². The maximum Gasteiger partial charge on any atom is 0.265 e. The van der Waals surface area contributed by atoms with E-state index < -0.39 is 0 Å². The molecule has 0 aliphatic heterocycles. The second kappa shape index (κ2) is 8.29. The molecular formula is C18H25N3O3S. The maximum atomic E-state index is 12.7. The van der Waals surface area contributed by atoms with Crippen molar-refractivity contribution in [3.63, 3.8) is 0 Å². The first-order valence-corrected chi connectivity index (χ1v) is 9.17. The van der Waals surface area contributed by atoms with Gasteiger partial charge < -0.3 is 9.47 Å². The first-order valence-electron chi connectivity index (χ1n) is 8.35. The maximum absolute atomic E-state index is 12.7. The SMILES string of the molecule is CCCC(C)(CC)c1nnc(NC(=O)c2c(OC)cccc2OC)s1. The predicted octanol–water partition coefficient (Wildman–Crippen LogP) is 4.28. The highest BCUT2D eigenvalue weighted by atomic mass is 32.1. The van der Waals surface area contributed by atoms with Crippen LogP contribution in [0.25, 0.3) is 0 Å². The molecule has 1 heterocycles. The van der Waals surface area contributed by atoms with Gasteiger partial charge in [0, 0.05) is 5.41 Å². The van der Waals surface area contributed by atoms with Gasteiger partial charge in [0.25, 0.3) is 5.91 Å². The second-order valence-electron chi connectivity index (χ2n) is 6.07. The number of carbonyl (C=O) groups excluding carboxylic acids is 1. The average Bonchev–Trinajstić information content (AvgIpc) is 3.10. The van der Waals surface area contributed by atoms with Crippen LogP contribution in [0.2, 0.25) is 0 Å². The van der Waals surface area contributed by atoms with E-state index in [2.05, 4.69) is 36.3 Å². The summed E-state index contributed by atoms with van der Waals surface area (Å²) < 4.78 is 10.6. The molecule has 0 spiro atoms. The molecule has 1 aromatic carbocycles. The Labute approximate surface area is 152 Å². The van der Waals surface area contributed by atoms with Crippen molar-refractivity contribution in [3.8, 4) is 11.5 Å². The van der Waals surface area contributed by atoms with Crippen molar-refractivity contribution < 1.29 is 14.3 Å². The monoisotopic (exact) mass is 363 g/mol. The number of nitrogens with zero attached hydrogens (tertiary/aromatic N) is 2. The number of amides is 1. The van der Waals surface area contributed by atoms with E-state index in [1.165, 1.54) is 25.6 Å². The van der Waals surface area contributed by atoms with E-state index in [1.54, 1.807) is 18.2 Å². The number of hydrogen-bond donors (Lipinski definition) is 1. The highest BCUT2D eigenvalue weighted by Gasteiger charge is 2.28. The topological polar surface area (TPSA) is 73.3 Å². The number of anilines is 1. The van der Waals surface area contributed by atoms with E-state index in [9.17, 15) is 4.79 Å². The average molecular weight is 363 g/mol. The molecule has 136 valence electrons. The van der Waals surface area contributed by atoms with Crippen molar-refractivity contribution in [1.29, 1.82) is 0 Å². The molecule has 1 N–H and O–H groups in total. The summed E-state index contributed by atoms with van der Waals surface area (Å²) in [5, 5.41) is 12.7. The minimum Gasteiger partial charge on any atom is -0.496 e. The number of rotatable bonds is 8. The summed E-state index contributed by atoms with van der Waals surface area (Å²) in [5.41, 5.74) is 0.327. The van der Waals surface area contributed by atoms with Gasteiger partial charge in [-0.2, -0.15) is 0 Å². The molecule has 1 atom stereocenters. The molecule has 0 bridgehead atoms. The molecule has 6 nitrogen and oxygen atoms in total. The minimum atomic E-state index is -0.328. The van der Waals surface area contributed by atoms with Gasteiger partial charge in [0.2, 0.25) is 5.13 Å². The molecule has 25 heavy (non-hydrogen) atoms. The van der Waals surface area contributed by atoms with Gasteiger partial charge in [-0.3, -0.25) is 10.1 Å². The first kappa shape index (κ1) is 19.2. The third-order valence-corrected chi connectivity index (χ3v) is 5.54. The lowest BCUT2D eigenvalue weighted by Crippen LogP contribution is -2.20. The fourth-order valence-electron chi connectivity index (χ4n) is 2.74. The first-order chi connectivity index (χ1) is 12.0. The van der Waals surface area contributed by atoms with Crippen LogP contribution in [0.4, 0.5) is 5.13 Å². The largest absolute Gasteiger partial charge is 0.496 e. The zero-order valence-corrected chi connectivity index (χ0v) is 16.2. The summed E-state index contributed by atoms with van der Waals surface area (Å²) in [6.07, 6.45) is 3.08. The summed E-state index contributed by atoms with van der Waals surface area (Å²) in [4.78, 5) is 12.7. The van der Waals surface area contributed by atoms with Crippen molar-refractivity contribution in [2.75, 3.05) is 19.5 Å². The van der Waals surface area contributed by atoms with Gasteiger partial charge in [0.15, 0.2) is 0 Å². The van der Waals surface area contributed by atoms with Crippen LogP contribution in [0.3, 0.4) is 0 Å². The summed E-state index contributed by atoms with van der Waals surface area (Å²) in [6, 6.07) is 5.21. The van der Waals surface area contributed by atoms with Crippen LogP contribution < -0.4 is 14.8 Å². The Morgan fingerprint density at radius 3 is 2.36 bits per heavy atom. The molecule has 2 aromatic rings. The predicted molar refractivity (Wildman–Crippen MR) is 100.0 cm³/mol. The summed E-state index contributed by atoms with van der Waals surface area (Å²) in [6.45, 7) is 6.49. The summed E-state index contributed by atoms with van der Waals surface area (Å²) in [5.74, 6) is 0.572. The van der Waals surface area contributed by atoms with Crippen molar-refractivity contribution in [3.05, 3.63) is 28.8 Å². The summed E-state index contributed by atoms with van der Waals surface area (Å²) in [7, 11) is 3.04. The lowest BCUT2D eigenvalue weighted by Gasteiger charge is -2.24. The molecule has 1 aromatic heterocycles. The molecule has 0 fully saturated rings. The number of methoxy groups -OCH3 is 2. The molecule has 1 unspecified atom stereocenters. The molecule has 0 saturated heterocycles. The van der Waals surface area contributed by atoms with Crippen LogP contribution in [0.5, 0.6) is 11.5 Å².